The summed E-state index contributed by atoms with van der Waals surface area (Å²) in [5.41, 5.74) is 2.40. The molecule has 4 aromatic heterocycles. The summed E-state index contributed by atoms with van der Waals surface area (Å²) >= 11 is 12.3. The fourth-order valence-electron chi connectivity index (χ4n) is 4.18. The fourth-order valence-corrected chi connectivity index (χ4v) is 4.69. The number of methoxy groups -OCH3 is 1. The lowest BCUT2D eigenvalue weighted by molar-refractivity contribution is -0.107. The number of hydrogen-bond donors (Lipinski definition) is 0. The highest BCUT2D eigenvalue weighted by atomic mass is 35.5. The molecule has 1 aliphatic heterocycles. The molecule has 0 aliphatic carbocycles. The van der Waals surface area contributed by atoms with Crippen molar-refractivity contribution in [1.82, 2.24) is 29.5 Å². The van der Waals surface area contributed by atoms with Crippen molar-refractivity contribution in [3.63, 3.8) is 0 Å². The minimum Gasteiger partial charge on any atom is -0.504 e. The van der Waals surface area contributed by atoms with E-state index in [9.17, 15) is 23.2 Å². The van der Waals surface area contributed by atoms with Crippen LogP contribution in [0.2, 0.25) is 10.3 Å². The third-order valence-electron chi connectivity index (χ3n) is 6.25. The second kappa shape index (κ2) is 19.6. The maximum Gasteiger partial charge on any atom is 0.180 e. The Morgan fingerprint density at radius 1 is 0.894 bits per heavy atom. The zero-order valence-corrected chi connectivity index (χ0v) is 28.1. The number of Topliss-reactive ketones (excluding diaryl/α,β-unsaturated/α-hetero) is 2. The van der Waals surface area contributed by atoms with Gasteiger partial charge < -0.3 is 14.3 Å². The van der Waals surface area contributed by atoms with Gasteiger partial charge >= 0.3 is 0 Å². The van der Waals surface area contributed by atoms with Gasteiger partial charge in [0.1, 0.15) is 39.6 Å². The quantitative estimate of drug-likeness (QED) is 0.107. The molecule has 0 amide bonds. The Morgan fingerprint density at radius 2 is 1.40 bits per heavy atom. The van der Waals surface area contributed by atoms with Crippen LogP contribution in [0.5, 0.6) is 0 Å². The first kappa shape index (κ1) is 39.1. The second-order valence-electron chi connectivity index (χ2n) is 9.85. The number of ketones is 2. The van der Waals surface area contributed by atoms with Crippen LogP contribution in [0, 0.1) is 11.6 Å². The number of nitrogens with zero attached hydrogens (tertiary/aromatic N) is 6. The lowest BCUT2D eigenvalue weighted by atomic mass is 10.1. The molecule has 11 nitrogen and oxygen atoms in total. The molecule has 0 N–H and O–H groups in total. The Kier molecular flexibility index (Phi) is 16.3. The molecule has 1 fully saturated rings. The zero-order chi connectivity index (χ0) is 33.6. The van der Waals surface area contributed by atoms with E-state index in [2.05, 4.69) is 20.2 Å². The molecule has 0 atom stereocenters. The van der Waals surface area contributed by atoms with E-state index in [1.165, 1.54) is 74.0 Å². The Balaban J connectivity index is 0.000000279. The predicted molar refractivity (Wildman–Crippen MR) is 174 cm³/mol. The SMILES string of the molecule is C1CCOC1.CC(=O)c1nn(Cc2cncc(F)c2)c(Cl)c1CC=O.COC=Cc1c(C(C)=O)nn(Cc2cncc(F)c2)c1Cl.Cl. The summed E-state index contributed by atoms with van der Waals surface area (Å²) in [5, 5.41) is 8.72. The van der Waals surface area contributed by atoms with Crippen molar-refractivity contribution in [3.05, 3.63) is 98.8 Å². The number of hydrogen-bond acceptors (Lipinski definition) is 9. The van der Waals surface area contributed by atoms with Gasteiger partial charge in [-0.1, -0.05) is 23.2 Å². The van der Waals surface area contributed by atoms with Gasteiger partial charge in [-0.15, -0.1) is 12.4 Å². The van der Waals surface area contributed by atoms with Gasteiger partial charge in [-0.2, -0.15) is 10.2 Å². The highest BCUT2D eigenvalue weighted by Crippen LogP contribution is 2.24. The summed E-state index contributed by atoms with van der Waals surface area (Å²) in [5.74, 6) is -1.41. The van der Waals surface area contributed by atoms with E-state index in [4.69, 9.17) is 32.7 Å². The first-order chi connectivity index (χ1) is 22.0. The largest absolute Gasteiger partial charge is 0.504 e. The standard InChI is InChI=1S/C14H13ClFN3O2.C13H11ClFN3O2.C4H8O.ClH/c1-9(20)13-12(3-4-21-2)14(15)19(18-13)8-10-5-11(16)7-17-6-10;1-8(20)12-11(2-3-19)13(14)18(17-12)7-9-4-10(15)6-16-5-9;1-2-4-5-3-1;/h3-7H,8H2,1-2H3;3-6H,2,7H2,1H3;1-4H2;1H. The van der Waals surface area contributed by atoms with Crippen LogP contribution in [0.15, 0.2) is 43.2 Å². The van der Waals surface area contributed by atoms with Crippen molar-refractivity contribution < 1.29 is 32.6 Å². The number of carbonyl (C=O) groups is 3. The maximum atomic E-state index is 13.1. The van der Waals surface area contributed by atoms with Crippen molar-refractivity contribution in [2.45, 2.75) is 46.2 Å². The van der Waals surface area contributed by atoms with Crippen LogP contribution >= 0.6 is 35.6 Å². The molecule has 16 heteroatoms. The summed E-state index contributed by atoms with van der Waals surface area (Å²) in [6, 6.07) is 2.64. The lowest BCUT2D eigenvalue weighted by Crippen LogP contribution is -2.04. The third kappa shape index (κ3) is 11.6. The highest BCUT2D eigenvalue weighted by Gasteiger charge is 2.20. The summed E-state index contributed by atoms with van der Waals surface area (Å²) in [4.78, 5) is 41.2. The zero-order valence-electron chi connectivity index (χ0n) is 25.8. The van der Waals surface area contributed by atoms with Crippen LogP contribution in [0.4, 0.5) is 8.78 Å². The molecule has 0 unspecified atom stereocenters. The van der Waals surface area contributed by atoms with Crippen molar-refractivity contribution >= 4 is 59.5 Å². The molecular weight excluding hydrogens is 681 g/mol. The number of aromatic nitrogens is 6. The van der Waals surface area contributed by atoms with E-state index < -0.39 is 11.6 Å². The molecular formula is C31H33Cl3F2N6O5. The summed E-state index contributed by atoms with van der Waals surface area (Å²) in [6.45, 7) is 5.13. The molecule has 0 saturated carbocycles. The monoisotopic (exact) mass is 712 g/mol. The van der Waals surface area contributed by atoms with Gasteiger partial charge in [0.15, 0.2) is 11.6 Å². The van der Waals surface area contributed by atoms with Crippen molar-refractivity contribution in [2.24, 2.45) is 0 Å². The van der Waals surface area contributed by atoms with Crippen LogP contribution < -0.4 is 0 Å². The Labute approximate surface area is 286 Å². The van der Waals surface area contributed by atoms with Crippen LogP contribution in [0.3, 0.4) is 0 Å². The molecule has 1 aliphatic rings. The van der Waals surface area contributed by atoms with Gasteiger partial charge in [0.2, 0.25) is 0 Å². The molecule has 0 aromatic carbocycles. The fraction of sp³-hybridized carbons (Fsp3) is 0.323. The van der Waals surface area contributed by atoms with Gasteiger partial charge in [-0.25, -0.2) is 18.1 Å². The Hall–Kier alpha value is -4.04. The maximum absolute atomic E-state index is 13.1. The second-order valence-corrected chi connectivity index (χ2v) is 10.6. The average molecular weight is 714 g/mol. The van der Waals surface area contributed by atoms with Crippen molar-refractivity contribution in [1.29, 1.82) is 0 Å². The van der Waals surface area contributed by atoms with E-state index in [-0.39, 0.29) is 65.2 Å². The molecule has 5 rings (SSSR count). The molecule has 1 saturated heterocycles. The summed E-state index contributed by atoms with van der Waals surface area (Å²) < 4.78 is 38.8. The average Bonchev–Trinajstić information content (AvgIpc) is 3.76. The van der Waals surface area contributed by atoms with E-state index >= 15 is 0 Å². The van der Waals surface area contributed by atoms with Crippen molar-refractivity contribution in [3.8, 4) is 0 Å². The van der Waals surface area contributed by atoms with E-state index in [1.54, 1.807) is 6.08 Å². The first-order valence-corrected chi connectivity index (χ1v) is 14.7. The summed E-state index contributed by atoms with van der Waals surface area (Å²) in [6.07, 6.45) is 11.4. The Bertz CT molecular complexity index is 1680. The summed E-state index contributed by atoms with van der Waals surface area (Å²) in [7, 11) is 1.49. The Morgan fingerprint density at radius 3 is 1.83 bits per heavy atom. The molecule has 5 heterocycles. The topological polar surface area (TPSA) is 131 Å². The minimum absolute atomic E-state index is 0. The number of carbonyl (C=O) groups excluding carboxylic acids is 3. The molecule has 4 aromatic rings. The number of aldehydes is 1. The smallest absolute Gasteiger partial charge is 0.180 e. The van der Waals surface area contributed by atoms with Gasteiger partial charge in [0.25, 0.3) is 0 Å². The molecule has 252 valence electrons. The van der Waals surface area contributed by atoms with Crippen LogP contribution in [-0.4, -0.2) is 67.7 Å². The highest BCUT2D eigenvalue weighted by molar-refractivity contribution is 6.32. The molecule has 0 bridgehead atoms. The number of pyridine rings is 2. The van der Waals surface area contributed by atoms with E-state index in [1.807, 2.05) is 0 Å². The van der Waals surface area contributed by atoms with E-state index in [0.29, 0.717) is 28.5 Å². The normalized spacial score (nSPS) is 12.0. The van der Waals surface area contributed by atoms with Gasteiger partial charge in [-0.05, 0) is 42.2 Å². The number of ether oxygens (including phenoxy) is 2. The van der Waals surface area contributed by atoms with Gasteiger partial charge in [0.05, 0.1) is 38.9 Å². The molecule has 0 spiro atoms. The molecule has 0 radical (unpaired) electrons. The van der Waals surface area contributed by atoms with Gasteiger partial charge in [-0.3, -0.25) is 19.6 Å². The van der Waals surface area contributed by atoms with Crippen LogP contribution in [0.25, 0.3) is 6.08 Å². The number of rotatable bonds is 10. The van der Waals surface area contributed by atoms with Crippen LogP contribution in [-0.2, 0) is 33.8 Å². The van der Waals surface area contributed by atoms with E-state index in [0.717, 1.165) is 25.6 Å². The molecule has 47 heavy (non-hydrogen) atoms. The van der Waals surface area contributed by atoms with Crippen molar-refractivity contribution in [2.75, 3.05) is 20.3 Å². The minimum atomic E-state index is -0.467. The first-order valence-electron chi connectivity index (χ1n) is 14.0. The third-order valence-corrected chi connectivity index (χ3v) is 7.07. The number of halogens is 5. The lowest BCUT2D eigenvalue weighted by Gasteiger charge is -2.03. The predicted octanol–water partition coefficient (Wildman–Crippen LogP) is 6.22. The van der Waals surface area contributed by atoms with Crippen LogP contribution in [0.1, 0.15) is 69.9 Å². The van der Waals surface area contributed by atoms with Gasteiger partial charge in [0, 0.05) is 57.0 Å².